The smallest absolute Gasteiger partial charge is 0.408 e. The van der Waals surface area contributed by atoms with Crippen LogP contribution in [0.15, 0.2) is 30.3 Å². The molecule has 1 atom stereocenters. The molecular weight excluding hydrogens is 228 g/mol. The van der Waals surface area contributed by atoms with Crippen molar-refractivity contribution in [2.75, 3.05) is 6.61 Å². The van der Waals surface area contributed by atoms with E-state index in [4.69, 9.17) is 10.00 Å². The predicted octanol–water partition coefficient (Wildman–Crippen LogP) is 2.65. The number of nitrogens with one attached hydrogen (secondary N) is 1. The van der Waals surface area contributed by atoms with E-state index in [-0.39, 0.29) is 0 Å². The second-order valence-electron chi connectivity index (χ2n) is 4.01. The molecule has 0 radical (unpaired) electrons. The molecular formula is C14H18N2O2. The van der Waals surface area contributed by atoms with Crippen LogP contribution in [0, 0.1) is 11.3 Å². The van der Waals surface area contributed by atoms with Gasteiger partial charge in [0.25, 0.3) is 0 Å². The van der Waals surface area contributed by atoms with E-state index in [1.807, 2.05) is 37.3 Å². The molecule has 1 amide bonds. The normalized spacial score (nSPS) is 11.3. The summed E-state index contributed by atoms with van der Waals surface area (Å²) in [6.45, 7) is 2.42. The summed E-state index contributed by atoms with van der Waals surface area (Å²) in [6.07, 6.45) is 1.77. The summed E-state index contributed by atoms with van der Waals surface area (Å²) in [6, 6.07) is 11.1. The molecule has 1 aromatic carbocycles. The van der Waals surface area contributed by atoms with Crippen LogP contribution in [0.1, 0.15) is 25.3 Å². The van der Waals surface area contributed by atoms with Gasteiger partial charge in [-0.3, -0.25) is 0 Å². The Bertz CT molecular complexity index is 398. The fraction of sp³-hybridized carbons (Fsp3) is 0.429. The number of amides is 1. The van der Waals surface area contributed by atoms with Gasteiger partial charge in [0, 0.05) is 6.42 Å². The Morgan fingerprint density at radius 1 is 1.44 bits per heavy atom. The first kappa shape index (κ1) is 14.0. The first-order valence-electron chi connectivity index (χ1n) is 6.13. The molecule has 1 unspecified atom stereocenters. The van der Waals surface area contributed by atoms with E-state index in [1.54, 1.807) is 0 Å². The van der Waals surface area contributed by atoms with Gasteiger partial charge in [-0.2, -0.15) is 5.26 Å². The van der Waals surface area contributed by atoms with Gasteiger partial charge < -0.3 is 10.1 Å². The molecule has 96 valence electrons. The summed E-state index contributed by atoms with van der Waals surface area (Å²) in [5, 5.41) is 11.5. The van der Waals surface area contributed by atoms with Gasteiger partial charge in [0.05, 0.1) is 12.7 Å². The predicted molar refractivity (Wildman–Crippen MR) is 68.9 cm³/mol. The average Bonchev–Trinajstić information content (AvgIpc) is 2.39. The molecule has 0 fully saturated rings. The summed E-state index contributed by atoms with van der Waals surface area (Å²) in [5.41, 5.74) is 1.01. The van der Waals surface area contributed by atoms with Crippen LogP contribution in [0.4, 0.5) is 4.79 Å². The Morgan fingerprint density at radius 3 is 2.78 bits per heavy atom. The minimum absolute atomic E-state index is 0.395. The van der Waals surface area contributed by atoms with Gasteiger partial charge in [-0.05, 0) is 12.0 Å². The third-order valence-corrected chi connectivity index (χ3v) is 2.46. The molecule has 0 aromatic heterocycles. The van der Waals surface area contributed by atoms with Crippen molar-refractivity contribution in [2.24, 2.45) is 0 Å². The fourth-order valence-electron chi connectivity index (χ4n) is 1.47. The van der Waals surface area contributed by atoms with Gasteiger partial charge in [0.1, 0.15) is 6.04 Å². The standard InChI is InChI=1S/C14H18N2O2/c1-2-3-9-18-14(17)16-13(11-15)10-12-7-5-4-6-8-12/h4-8,13H,2-3,9-10H2,1H3,(H,16,17). The summed E-state index contributed by atoms with van der Waals surface area (Å²) in [5.74, 6) is 0. The van der Waals surface area contributed by atoms with Crippen molar-refractivity contribution in [1.29, 1.82) is 5.26 Å². The Hall–Kier alpha value is -2.02. The third kappa shape index (κ3) is 5.35. The molecule has 4 nitrogen and oxygen atoms in total. The zero-order valence-corrected chi connectivity index (χ0v) is 10.6. The topological polar surface area (TPSA) is 62.1 Å². The summed E-state index contributed by atoms with van der Waals surface area (Å²) >= 11 is 0. The van der Waals surface area contributed by atoms with Crippen LogP contribution >= 0.6 is 0 Å². The van der Waals surface area contributed by atoms with E-state index >= 15 is 0 Å². The van der Waals surface area contributed by atoms with Gasteiger partial charge in [0.15, 0.2) is 0 Å². The maximum absolute atomic E-state index is 11.4. The molecule has 0 spiro atoms. The van der Waals surface area contributed by atoms with E-state index < -0.39 is 12.1 Å². The van der Waals surface area contributed by atoms with Crippen molar-refractivity contribution in [1.82, 2.24) is 5.32 Å². The number of rotatable bonds is 6. The Morgan fingerprint density at radius 2 is 2.17 bits per heavy atom. The number of hydrogen-bond donors (Lipinski definition) is 1. The summed E-state index contributed by atoms with van der Waals surface area (Å²) in [4.78, 5) is 11.4. The number of benzene rings is 1. The molecule has 0 heterocycles. The average molecular weight is 246 g/mol. The van der Waals surface area contributed by atoms with Crippen molar-refractivity contribution >= 4 is 6.09 Å². The van der Waals surface area contributed by atoms with Crippen molar-refractivity contribution in [3.8, 4) is 6.07 Å². The van der Waals surface area contributed by atoms with Crippen LogP contribution in [-0.4, -0.2) is 18.7 Å². The molecule has 0 saturated heterocycles. The number of alkyl carbamates (subject to hydrolysis) is 1. The molecule has 0 aliphatic rings. The second kappa shape index (κ2) is 8.13. The van der Waals surface area contributed by atoms with Crippen LogP contribution in [0.25, 0.3) is 0 Å². The molecule has 0 aliphatic carbocycles. The lowest BCUT2D eigenvalue weighted by molar-refractivity contribution is 0.142. The Labute approximate surface area is 108 Å². The Balaban J connectivity index is 2.38. The zero-order valence-electron chi connectivity index (χ0n) is 10.6. The number of carbonyl (C=O) groups is 1. The van der Waals surface area contributed by atoms with Crippen LogP contribution in [0.2, 0.25) is 0 Å². The quantitative estimate of drug-likeness (QED) is 0.785. The van der Waals surface area contributed by atoms with Gasteiger partial charge in [-0.1, -0.05) is 43.7 Å². The lowest BCUT2D eigenvalue weighted by atomic mass is 10.1. The van der Waals surface area contributed by atoms with Crippen LogP contribution in [-0.2, 0) is 11.2 Å². The third-order valence-electron chi connectivity index (χ3n) is 2.46. The molecule has 0 bridgehead atoms. The Kier molecular flexibility index (Phi) is 6.34. The van der Waals surface area contributed by atoms with Gasteiger partial charge in [-0.25, -0.2) is 4.79 Å². The number of nitriles is 1. The van der Waals surface area contributed by atoms with Gasteiger partial charge >= 0.3 is 6.09 Å². The van der Waals surface area contributed by atoms with E-state index in [2.05, 4.69) is 11.4 Å². The summed E-state index contributed by atoms with van der Waals surface area (Å²) in [7, 11) is 0. The van der Waals surface area contributed by atoms with Gasteiger partial charge in [0.2, 0.25) is 0 Å². The number of carbonyl (C=O) groups excluding carboxylic acids is 1. The molecule has 0 saturated carbocycles. The van der Waals surface area contributed by atoms with E-state index in [0.717, 1.165) is 18.4 Å². The van der Waals surface area contributed by atoms with Crippen LogP contribution < -0.4 is 5.32 Å². The maximum atomic E-state index is 11.4. The maximum Gasteiger partial charge on any atom is 0.408 e. The minimum Gasteiger partial charge on any atom is -0.450 e. The summed E-state index contributed by atoms with van der Waals surface area (Å²) < 4.78 is 4.95. The highest BCUT2D eigenvalue weighted by Crippen LogP contribution is 2.03. The second-order valence-corrected chi connectivity index (χ2v) is 4.01. The first-order valence-corrected chi connectivity index (χ1v) is 6.13. The number of hydrogen-bond acceptors (Lipinski definition) is 3. The van der Waals surface area contributed by atoms with Crippen LogP contribution in [0.5, 0.6) is 0 Å². The molecule has 1 N–H and O–H groups in total. The number of unbranched alkanes of at least 4 members (excludes halogenated alkanes) is 1. The van der Waals surface area contributed by atoms with Crippen LogP contribution in [0.3, 0.4) is 0 Å². The molecule has 1 aromatic rings. The first-order chi connectivity index (χ1) is 8.76. The molecule has 18 heavy (non-hydrogen) atoms. The van der Waals surface area contributed by atoms with Gasteiger partial charge in [-0.15, -0.1) is 0 Å². The number of ether oxygens (including phenoxy) is 1. The SMILES string of the molecule is CCCCOC(=O)NC(C#N)Cc1ccccc1. The lowest BCUT2D eigenvalue weighted by Crippen LogP contribution is -2.35. The fourth-order valence-corrected chi connectivity index (χ4v) is 1.47. The minimum atomic E-state index is -0.554. The molecule has 4 heteroatoms. The largest absolute Gasteiger partial charge is 0.450 e. The highest BCUT2D eigenvalue weighted by Gasteiger charge is 2.12. The van der Waals surface area contributed by atoms with E-state index in [1.165, 1.54) is 0 Å². The highest BCUT2D eigenvalue weighted by atomic mass is 16.5. The van der Waals surface area contributed by atoms with Crippen molar-refractivity contribution in [3.05, 3.63) is 35.9 Å². The van der Waals surface area contributed by atoms with E-state index in [9.17, 15) is 4.79 Å². The molecule has 1 rings (SSSR count). The monoisotopic (exact) mass is 246 g/mol. The lowest BCUT2D eigenvalue weighted by Gasteiger charge is -2.11. The van der Waals surface area contributed by atoms with Crippen molar-refractivity contribution in [2.45, 2.75) is 32.2 Å². The van der Waals surface area contributed by atoms with Crippen molar-refractivity contribution in [3.63, 3.8) is 0 Å². The highest BCUT2D eigenvalue weighted by molar-refractivity contribution is 5.68. The zero-order chi connectivity index (χ0) is 13.2. The van der Waals surface area contributed by atoms with E-state index in [0.29, 0.717) is 13.0 Å². The molecule has 0 aliphatic heterocycles. The number of nitrogens with zero attached hydrogens (tertiary/aromatic N) is 1. The van der Waals surface area contributed by atoms with Crippen molar-refractivity contribution < 1.29 is 9.53 Å².